The first-order chi connectivity index (χ1) is 9.47. The molecule has 20 heavy (non-hydrogen) atoms. The van der Waals surface area contributed by atoms with Crippen molar-refractivity contribution in [1.82, 2.24) is 5.32 Å². The first-order valence-electron chi connectivity index (χ1n) is 7.89. The van der Waals surface area contributed by atoms with E-state index in [1.807, 2.05) is 12.1 Å². The van der Waals surface area contributed by atoms with Crippen LogP contribution in [0.5, 0.6) is 0 Å². The molecule has 2 N–H and O–H groups in total. The number of rotatable bonds is 4. The molecule has 3 atom stereocenters. The van der Waals surface area contributed by atoms with E-state index >= 15 is 0 Å². The Bertz CT molecular complexity index is 496. The van der Waals surface area contributed by atoms with Crippen LogP contribution in [0.3, 0.4) is 0 Å². The van der Waals surface area contributed by atoms with Gasteiger partial charge in [0.1, 0.15) is 0 Å². The molecule has 3 rings (SSSR count). The lowest BCUT2D eigenvalue weighted by atomic mass is 9.69. The van der Waals surface area contributed by atoms with Gasteiger partial charge in [0.05, 0.1) is 6.61 Å². The van der Waals surface area contributed by atoms with Gasteiger partial charge in [-0.2, -0.15) is 0 Å². The number of fused-ring (bicyclic) bond motifs is 2. The molecular formula is C18H27NO. The second kappa shape index (κ2) is 4.85. The monoisotopic (exact) mass is 273 g/mol. The molecule has 0 amide bonds. The van der Waals surface area contributed by atoms with Crippen molar-refractivity contribution in [2.45, 2.75) is 59.2 Å². The zero-order chi connectivity index (χ0) is 14.4. The van der Waals surface area contributed by atoms with E-state index in [2.05, 4.69) is 38.2 Å². The van der Waals surface area contributed by atoms with Crippen LogP contribution in [0.4, 0.5) is 0 Å². The van der Waals surface area contributed by atoms with Gasteiger partial charge in [-0.1, -0.05) is 45.0 Å². The van der Waals surface area contributed by atoms with Crippen molar-refractivity contribution in [1.29, 1.82) is 0 Å². The minimum Gasteiger partial charge on any atom is -0.392 e. The van der Waals surface area contributed by atoms with E-state index in [9.17, 15) is 5.11 Å². The first kappa shape index (κ1) is 14.1. The molecule has 0 aromatic heterocycles. The summed E-state index contributed by atoms with van der Waals surface area (Å²) in [6, 6.07) is 8.90. The van der Waals surface area contributed by atoms with Gasteiger partial charge in [0.15, 0.2) is 0 Å². The lowest BCUT2D eigenvalue weighted by Crippen LogP contribution is -2.44. The Morgan fingerprint density at radius 1 is 1.25 bits per heavy atom. The minimum atomic E-state index is 0.129. The van der Waals surface area contributed by atoms with Gasteiger partial charge in [0, 0.05) is 12.6 Å². The largest absolute Gasteiger partial charge is 0.392 e. The van der Waals surface area contributed by atoms with E-state index < -0.39 is 0 Å². The normalized spacial score (nSPS) is 34.6. The second-order valence-electron chi connectivity index (χ2n) is 7.52. The number of aliphatic hydroxyl groups excluding tert-OH is 1. The fourth-order valence-corrected chi connectivity index (χ4v) is 4.59. The second-order valence-corrected chi connectivity index (χ2v) is 7.52. The van der Waals surface area contributed by atoms with Crippen LogP contribution in [0.15, 0.2) is 24.3 Å². The maximum Gasteiger partial charge on any atom is 0.0681 e. The molecule has 0 heterocycles. The smallest absolute Gasteiger partial charge is 0.0681 e. The summed E-state index contributed by atoms with van der Waals surface area (Å²) in [5.41, 5.74) is 3.19. The predicted molar refractivity (Wildman–Crippen MR) is 82.2 cm³/mol. The molecule has 2 aliphatic carbocycles. The molecule has 3 unspecified atom stereocenters. The maximum atomic E-state index is 9.22. The van der Waals surface area contributed by atoms with Crippen LogP contribution >= 0.6 is 0 Å². The summed E-state index contributed by atoms with van der Waals surface area (Å²) in [5, 5.41) is 13.0. The molecule has 0 saturated heterocycles. The Morgan fingerprint density at radius 3 is 2.60 bits per heavy atom. The van der Waals surface area contributed by atoms with Crippen molar-refractivity contribution >= 4 is 0 Å². The van der Waals surface area contributed by atoms with Crippen molar-refractivity contribution in [2.24, 2.45) is 16.7 Å². The number of hydrogen-bond acceptors (Lipinski definition) is 2. The summed E-state index contributed by atoms with van der Waals surface area (Å²) < 4.78 is 0. The van der Waals surface area contributed by atoms with E-state index in [4.69, 9.17) is 0 Å². The highest BCUT2D eigenvalue weighted by molar-refractivity contribution is 5.23. The third-order valence-corrected chi connectivity index (χ3v) is 6.52. The average molecular weight is 273 g/mol. The average Bonchev–Trinajstić information content (AvgIpc) is 2.78. The fourth-order valence-electron chi connectivity index (χ4n) is 4.59. The standard InChI is InChI=1S/C18H27NO/c1-17(2)15-7-8-18(17,3)16(10-15)19-11-13-5-4-6-14(9-13)12-20/h4-6,9,15-16,19-20H,7-8,10-12H2,1-3H3. The highest BCUT2D eigenvalue weighted by Crippen LogP contribution is 2.65. The molecule has 1 aromatic rings. The van der Waals surface area contributed by atoms with Crippen molar-refractivity contribution in [3.05, 3.63) is 35.4 Å². The quantitative estimate of drug-likeness (QED) is 0.880. The molecule has 110 valence electrons. The molecule has 0 spiro atoms. The predicted octanol–water partition coefficient (Wildman–Crippen LogP) is 3.48. The Hall–Kier alpha value is -0.860. The molecule has 2 bridgehead atoms. The molecule has 2 heteroatoms. The van der Waals surface area contributed by atoms with Crippen LogP contribution in [0.2, 0.25) is 0 Å². The van der Waals surface area contributed by atoms with E-state index in [1.54, 1.807) is 0 Å². The SMILES string of the molecule is CC1(C)C2CCC1(C)C(NCc1cccc(CO)c1)C2. The van der Waals surface area contributed by atoms with Crippen molar-refractivity contribution in [3.8, 4) is 0 Å². The molecule has 2 fully saturated rings. The number of benzene rings is 1. The Morgan fingerprint density at radius 2 is 2.00 bits per heavy atom. The van der Waals surface area contributed by atoms with Gasteiger partial charge in [-0.25, -0.2) is 0 Å². The number of nitrogens with one attached hydrogen (secondary N) is 1. The zero-order valence-corrected chi connectivity index (χ0v) is 12.9. The third-order valence-electron chi connectivity index (χ3n) is 6.52. The number of aliphatic hydroxyl groups is 1. The summed E-state index contributed by atoms with van der Waals surface area (Å²) in [4.78, 5) is 0. The van der Waals surface area contributed by atoms with Crippen LogP contribution in [-0.2, 0) is 13.2 Å². The lowest BCUT2D eigenvalue weighted by molar-refractivity contribution is 0.120. The van der Waals surface area contributed by atoms with Crippen molar-refractivity contribution < 1.29 is 5.11 Å². The maximum absolute atomic E-state index is 9.22. The van der Waals surface area contributed by atoms with E-state index in [0.717, 1.165) is 18.0 Å². The van der Waals surface area contributed by atoms with Crippen LogP contribution in [-0.4, -0.2) is 11.1 Å². The molecule has 0 aliphatic heterocycles. The molecular weight excluding hydrogens is 246 g/mol. The Kier molecular flexibility index (Phi) is 3.42. The molecule has 2 aliphatic rings. The van der Waals surface area contributed by atoms with Gasteiger partial charge in [-0.05, 0) is 47.1 Å². The third kappa shape index (κ3) is 2.01. The molecule has 2 nitrogen and oxygen atoms in total. The van der Waals surface area contributed by atoms with Crippen molar-refractivity contribution in [3.63, 3.8) is 0 Å². The van der Waals surface area contributed by atoms with E-state index in [0.29, 0.717) is 16.9 Å². The highest BCUT2D eigenvalue weighted by atomic mass is 16.3. The summed E-state index contributed by atoms with van der Waals surface area (Å²) in [6.07, 6.45) is 4.09. The van der Waals surface area contributed by atoms with Gasteiger partial charge in [0.25, 0.3) is 0 Å². The van der Waals surface area contributed by atoms with Crippen LogP contribution in [0.1, 0.15) is 51.2 Å². The van der Waals surface area contributed by atoms with E-state index in [-0.39, 0.29) is 6.61 Å². The Balaban J connectivity index is 1.68. The zero-order valence-electron chi connectivity index (χ0n) is 12.9. The van der Waals surface area contributed by atoms with Crippen LogP contribution in [0, 0.1) is 16.7 Å². The molecule has 2 saturated carbocycles. The lowest BCUT2D eigenvalue weighted by Gasteiger charge is -2.39. The summed E-state index contributed by atoms with van der Waals surface area (Å²) >= 11 is 0. The Labute approximate surface area is 122 Å². The summed E-state index contributed by atoms with van der Waals surface area (Å²) in [7, 11) is 0. The fraction of sp³-hybridized carbons (Fsp3) is 0.667. The van der Waals surface area contributed by atoms with Crippen molar-refractivity contribution in [2.75, 3.05) is 0 Å². The summed E-state index contributed by atoms with van der Waals surface area (Å²) in [5.74, 6) is 0.883. The van der Waals surface area contributed by atoms with Gasteiger partial charge >= 0.3 is 0 Å². The minimum absolute atomic E-state index is 0.129. The molecule has 1 aromatic carbocycles. The first-order valence-corrected chi connectivity index (χ1v) is 7.89. The van der Waals surface area contributed by atoms with Crippen LogP contribution in [0.25, 0.3) is 0 Å². The van der Waals surface area contributed by atoms with E-state index in [1.165, 1.54) is 24.8 Å². The molecule has 0 radical (unpaired) electrons. The van der Waals surface area contributed by atoms with Crippen LogP contribution < -0.4 is 5.32 Å². The number of hydrogen-bond donors (Lipinski definition) is 2. The highest BCUT2D eigenvalue weighted by Gasteiger charge is 2.60. The van der Waals surface area contributed by atoms with Gasteiger partial charge in [-0.15, -0.1) is 0 Å². The van der Waals surface area contributed by atoms with Gasteiger partial charge in [-0.3, -0.25) is 0 Å². The van der Waals surface area contributed by atoms with Gasteiger partial charge in [0.2, 0.25) is 0 Å². The topological polar surface area (TPSA) is 32.3 Å². The van der Waals surface area contributed by atoms with Gasteiger partial charge < -0.3 is 10.4 Å². The summed E-state index contributed by atoms with van der Waals surface area (Å²) in [6.45, 7) is 8.43.